The van der Waals surface area contributed by atoms with E-state index >= 15 is 0 Å². The number of carboxylic acids is 1. The molecule has 0 radical (unpaired) electrons. The summed E-state index contributed by atoms with van der Waals surface area (Å²) in [4.78, 5) is 21.3. The van der Waals surface area contributed by atoms with Crippen molar-refractivity contribution in [3.63, 3.8) is 0 Å². The van der Waals surface area contributed by atoms with E-state index in [1.54, 1.807) is 0 Å². The summed E-state index contributed by atoms with van der Waals surface area (Å²) in [5, 5.41) is 11.3. The molecular weight excluding hydrogens is 242 g/mol. The van der Waals surface area contributed by atoms with Crippen LogP contribution in [0, 0.1) is 0 Å². The number of amides is 1. The van der Waals surface area contributed by atoms with E-state index in [1.165, 1.54) is 12.5 Å². The Morgan fingerprint density at radius 2 is 1.89 bits per heavy atom. The third kappa shape index (κ3) is 7.24. The fourth-order valence-corrected chi connectivity index (χ4v) is 1.97. The second-order valence-electron chi connectivity index (χ2n) is 4.69. The Morgan fingerprint density at radius 1 is 1.16 bits per heavy atom. The first-order valence-corrected chi connectivity index (χ1v) is 6.66. The molecule has 0 aliphatic rings. The minimum Gasteiger partial charge on any atom is -0.481 e. The topological polar surface area (TPSA) is 66.4 Å². The van der Waals surface area contributed by atoms with Crippen LogP contribution >= 0.6 is 0 Å². The zero-order chi connectivity index (χ0) is 14.1. The van der Waals surface area contributed by atoms with E-state index in [2.05, 4.69) is 5.32 Å². The fourth-order valence-electron chi connectivity index (χ4n) is 1.97. The van der Waals surface area contributed by atoms with Gasteiger partial charge >= 0.3 is 5.97 Å². The number of aryl methyl sites for hydroxylation is 1. The van der Waals surface area contributed by atoms with E-state index in [0.717, 1.165) is 37.8 Å². The second-order valence-corrected chi connectivity index (χ2v) is 4.69. The number of carbonyl (C=O) groups is 2. The SMILES string of the molecule is CC(=O)Nc1cccc(CCCCCCC(=O)O)c1. The zero-order valence-corrected chi connectivity index (χ0v) is 11.3. The number of hydrogen-bond acceptors (Lipinski definition) is 2. The monoisotopic (exact) mass is 263 g/mol. The molecule has 2 N–H and O–H groups in total. The van der Waals surface area contributed by atoms with E-state index < -0.39 is 5.97 Å². The van der Waals surface area contributed by atoms with Gasteiger partial charge in [-0.15, -0.1) is 0 Å². The Morgan fingerprint density at radius 3 is 2.58 bits per heavy atom. The van der Waals surface area contributed by atoms with Gasteiger partial charge in [0.2, 0.25) is 5.91 Å². The lowest BCUT2D eigenvalue weighted by molar-refractivity contribution is -0.137. The number of benzene rings is 1. The Labute approximate surface area is 113 Å². The molecule has 0 aliphatic carbocycles. The zero-order valence-electron chi connectivity index (χ0n) is 11.3. The first kappa shape index (κ1) is 15.2. The summed E-state index contributed by atoms with van der Waals surface area (Å²) >= 11 is 0. The van der Waals surface area contributed by atoms with Crippen LogP contribution in [0.15, 0.2) is 24.3 Å². The summed E-state index contributed by atoms with van der Waals surface area (Å²) in [6, 6.07) is 7.84. The minimum atomic E-state index is -0.719. The van der Waals surface area contributed by atoms with Crippen molar-refractivity contribution in [1.82, 2.24) is 0 Å². The molecule has 1 aromatic carbocycles. The number of unbranched alkanes of at least 4 members (excludes halogenated alkanes) is 3. The van der Waals surface area contributed by atoms with Gasteiger partial charge in [0.15, 0.2) is 0 Å². The molecule has 0 bridgehead atoms. The van der Waals surface area contributed by atoms with Crippen LogP contribution in [0.3, 0.4) is 0 Å². The minimum absolute atomic E-state index is 0.0641. The van der Waals surface area contributed by atoms with Crippen molar-refractivity contribution in [3.8, 4) is 0 Å². The lowest BCUT2D eigenvalue weighted by Gasteiger charge is -2.05. The number of nitrogens with one attached hydrogen (secondary N) is 1. The molecule has 1 aromatic rings. The van der Waals surface area contributed by atoms with Crippen LogP contribution in [-0.4, -0.2) is 17.0 Å². The molecule has 0 spiro atoms. The van der Waals surface area contributed by atoms with Gasteiger partial charge in [0.25, 0.3) is 0 Å². The molecule has 0 aliphatic heterocycles. The summed E-state index contributed by atoms with van der Waals surface area (Å²) < 4.78 is 0. The quantitative estimate of drug-likeness (QED) is 0.708. The molecule has 0 aromatic heterocycles. The maximum Gasteiger partial charge on any atom is 0.303 e. The van der Waals surface area contributed by atoms with E-state index in [4.69, 9.17) is 5.11 Å². The molecule has 19 heavy (non-hydrogen) atoms. The summed E-state index contributed by atoms with van der Waals surface area (Å²) in [5.41, 5.74) is 2.03. The van der Waals surface area contributed by atoms with Crippen LogP contribution in [0.1, 0.15) is 44.6 Å². The van der Waals surface area contributed by atoms with Crippen molar-refractivity contribution < 1.29 is 14.7 Å². The molecule has 104 valence electrons. The molecule has 4 nitrogen and oxygen atoms in total. The van der Waals surface area contributed by atoms with Gasteiger partial charge in [-0.3, -0.25) is 9.59 Å². The molecule has 0 heterocycles. The normalized spacial score (nSPS) is 10.2. The molecule has 4 heteroatoms. The number of aliphatic carboxylic acids is 1. The van der Waals surface area contributed by atoms with Crippen molar-refractivity contribution in [1.29, 1.82) is 0 Å². The van der Waals surface area contributed by atoms with E-state index in [9.17, 15) is 9.59 Å². The highest BCUT2D eigenvalue weighted by Crippen LogP contribution is 2.14. The standard InChI is InChI=1S/C15H21NO3/c1-12(17)16-14-9-6-8-13(11-14)7-4-2-3-5-10-15(18)19/h6,8-9,11H,2-5,7,10H2,1H3,(H,16,17)(H,18,19). The van der Waals surface area contributed by atoms with E-state index in [-0.39, 0.29) is 12.3 Å². The molecule has 0 atom stereocenters. The number of carbonyl (C=O) groups excluding carboxylic acids is 1. The van der Waals surface area contributed by atoms with Crippen LogP contribution in [-0.2, 0) is 16.0 Å². The van der Waals surface area contributed by atoms with Crippen molar-refractivity contribution in [2.45, 2.75) is 45.4 Å². The summed E-state index contributed by atoms with van der Waals surface area (Å²) in [6.45, 7) is 1.50. The summed E-state index contributed by atoms with van der Waals surface area (Å²) in [6.07, 6.45) is 5.01. The average Bonchev–Trinajstić information content (AvgIpc) is 2.33. The molecule has 1 amide bonds. The van der Waals surface area contributed by atoms with E-state index in [0.29, 0.717) is 0 Å². The third-order valence-corrected chi connectivity index (χ3v) is 2.85. The van der Waals surface area contributed by atoms with Crippen molar-refractivity contribution >= 4 is 17.6 Å². The highest BCUT2D eigenvalue weighted by Gasteiger charge is 1.99. The maximum atomic E-state index is 11.0. The van der Waals surface area contributed by atoms with Crippen LogP contribution < -0.4 is 5.32 Å². The molecular formula is C15H21NO3. The van der Waals surface area contributed by atoms with Gasteiger partial charge in [-0.25, -0.2) is 0 Å². The Kier molecular flexibility index (Phi) is 6.64. The number of rotatable bonds is 8. The van der Waals surface area contributed by atoms with Crippen LogP contribution in [0.2, 0.25) is 0 Å². The molecule has 0 unspecified atom stereocenters. The largest absolute Gasteiger partial charge is 0.481 e. The predicted molar refractivity (Wildman–Crippen MR) is 75.2 cm³/mol. The van der Waals surface area contributed by atoms with Gasteiger partial charge in [0.05, 0.1) is 0 Å². The fraction of sp³-hybridized carbons (Fsp3) is 0.467. The number of hydrogen-bond donors (Lipinski definition) is 2. The van der Waals surface area contributed by atoms with Gasteiger partial charge < -0.3 is 10.4 Å². The van der Waals surface area contributed by atoms with Crippen LogP contribution in [0.4, 0.5) is 5.69 Å². The highest BCUT2D eigenvalue weighted by molar-refractivity contribution is 5.88. The Bertz CT molecular complexity index is 429. The van der Waals surface area contributed by atoms with Crippen molar-refractivity contribution in [3.05, 3.63) is 29.8 Å². The summed E-state index contributed by atoms with van der Waals surface area (Å²) in [7, 11) is 0. The Hall–Kier alpha value is -1.84. The number of carboxylic acid groups (broad SMARTS) is 1. The molecule has 0 fully saturated rings. The van der Waals surface area contributed by atoms with E-state index in [1.807, 2.05) is 24.3 Å². The first-order chi connectivity index (χ1) is 9.08. The predicted octanol–water partition coefficient (Wildman–Crippen LogP) is 3.22. The summed E-state index contributed by atoms with van der Waals surface area (Å²) in [5.74, 6) is -0.783. The average molecular weight is 263 g/mol. The van der Waals surface area contributed by atoms with Crippen LogP contribution in [0.5, 0.6) is 0 Å². The first-order valence-electron chi connectivity index (χ1n) is 6.66. The third-order valence-electron chi connectivity index (χ3n) is 2.85. The molecule has 0 saturated heterocycles. The van der Waals surface area contributed by atoms with Crippen molar-refractivity contribution in [2.75, 3.05) is 5.32 Å². The van der Waals surface area contributed by atoms with Gasteiger partial charge in [0.1, 0.15) is 0 Å². The lowest BCUT2D eigenvalue weighted by Crippen LogP contribution is -2.05. The smallest absolute Gasteiger partial charge is 0.303 e. The van der Waals surface area contributed by atoms with Gasteiger partial charge in [-0.1, -0.05) is 25.0 Å². The van der Waals surface area contributed by atoms with Gasteiger partial charge in [-0.2, -0.15) is 0 Å². The Balaban J connectivity index is 2.25. The maximum absolute atomic E-state index is 11.0. The lowest BCUT2D eigenvalue weighted by atomic mass is 10.0. The van der Waals surface area contributed by atoms with Gasteiger partial charge in [-0.05, 0) is 37.0 Å². The van der Waals surface area contributed by atoms with Gasteiger partial charge in [0, 0.05) is 19.0 Å². The second kappa shape index (κ2) is 8.29. The molecule has 0 saturated carbocycles. The van der Waals surface area contributed by atoms with Crippen LogP contribution in [0.25, 0.3) is 0 Å². The van der Waals surface area contributed by atoms with Crippen molar-refractivity contribution in [2.24, 2.45) is 0 Å². The number of anilines is 1. The molecule has 1 rings (SSSR count). The highest BCUT2D eigenvalue weighted by atomic mass is 16.4.